The molecule has 2 rings (SSSR count). The van der Waals surface area contributed by atoms with Gasteiger partial charge in [0.25, 0.3) is 0 Å². The van der Waals surface area contributed by atoms with Crippen molar-refractivity contribution < 1.29 is 9.15 Å². The van der Waals surface area contributed by atoms with Gasteiger partial charge in [0, 0.05) is 12.2 Å². The van der Waals surface area contributed by atoms with Crippen LogP contribution in [-0.2, 0) is 17.9 Å². The second kappa shape index (κ2) is 4.81. The fourth-order valence-electron chi connectivity index (χ4n) is 1.67. The fourth-order valence-corrected chi connectivity index (χ4v) is 1.67. The van der Waals surface area contributed by atoms with Crippen molar-refractivity contribution in [1.82, 2.24) is 0 Å². The quantitative estimate of drug-likeness (QED) is 0.732. The summed E-state index contributed by atoms with van der Waals surface area (Å²) in [6, 6.07) is 1.99. The summed E-state index contributed by atoms with van der Waals surface area (Å²) in [5.74, 6) is 2.71. The Hall–Kier alpha value is -0.800. The lowest BCUT2D eigenvalue weighted by Gasteiger charge is -2.01. The van der Waals surface area contributed by atoms with E-state index in [1.54, 1.807) is 0 Å². The zero-order chi connectivity index (χ0) is 10.7. The van der Waals surface area contributed by atoms with Crippen molar-refractivity contribution in [1.29, 1.82) is 0 Å². The van der Waals surface area contributed by atoms with Gasteiger partial charge in [0.2, 0.25) is 0 Å². The van der Waals surface area contributed by atoms with E-state index >= 15 is 0 Å². The van der Waals surface area contributed by atoms with E-state index in [1.807, 2.05) is 13.0 Å². The maximum Gasteiger partial charge on any atom is 0.118 e. The van der Waals surface area contributed by atoms with Gasteiger partial charge in [-0.3, -0.25) is 0 Å². The molecule has 3 heteroatoms. The van der Waals surface area contributed by atoms with E-state index < -0.39 is 0 Å². The minimum Gasteiger partial charge on any atom is -0.465 e. The van der Waals surface area contributed by atoms with E-state index in [-0.39, 0.29) is 0 Å². The zero-order valence-corrected chi connectivity index (χ0v) is 9.29. The Labute approximate surface area is 90.6 Å². The zero-order valence-electron chi connectivity index (χ0n) is 9.29. The summed E-state index contributed by atoms with van der Waals surface area (Å²) in [6.07, 6.45) is 4.00. The number of nitrogens with two attached hydrogens (primary N) is 1. The van der Waals surface area contributed by atoms with Crippen LogP contribution in [0.2, 0.25) is 0 Å². The Morgan fingerprint density at radius 2 is 2.33 bits per heavy atom. The smallest absolute Gasteiger partial charge is 0.118 e. The summed E-state index contributed by atoms with van der Waals surface area (Å²) >= 11 is 0. The van der Waals surface area contributed by atoms with Crippen LogP contribution in [0.5, 0.6) is 0 Å². The molecule has 1 aromatic heterocycles. The Morgan fingerprint density at radius 1 is 1.53 bits per heavy atom. The van der Waals surface area contributed by atoms with Crippen LogP contribution in [0, 0.1) is 12.8 Å². The molecule has 1 saturated carbocycles. The summed E-state index contributed by atoms with van der Waals surface area (Å²) in [7, 11) is 0. The molecule has 1 heterocycles. The third kappa shape index (κ3) is 3.08. The predicted molar refractivity (Wildman–Crippen MR) is 58.3 cm³/mol. The molecular weight excluding hydrogens is 190 g/mol. The van der Waals surface area contributed by atoms with Gasteiger partial charge in [-0.2, -0.15) is 0 Å². The van der Waals surface area contributed by atoms with Gasteiger partial charge in [-0.1, -0.05) is 12.8 Å². The highest BCUT2D eigenvalue weighted by molar-refractivity contribution is 5.19. The van der Waals surface area contributed by atoms with Gasteiger partial charge in [-0.05, 0) is 25.3 Å². The van der Waals surface area contributed by atoms with Gasteiger partial charge in [0.1, 0.15) is 11.5 Å². The van der Waals surface area contributed by atoms with Crippen molar-refractivity contribution in [2.45, 2.75) is 39.3 Å². The van der Waals surface area contributed by atoms with Crippen LogP contribution < -0.4 is 5.73 Å². The van der Waals surface area contributed by atoms with Crippen LogP contribution in [0.3, 0.4) is 0 Å². The lowest BCUT2D eigenvalue weighted by molar-refractivity contribution is 0.114. The molecule has 0 spiro atoms. The van der Waals surface area contributed by atoms with Crippen molar-refractivity contribution in [2.24, 2.45) is 11.7 Å². The molecule has 0 aliphatic heterocycles. The van der Waals surface area contributed by atoms with E-state index in [2.05, 4.69) is 0 Å². The number of aryl methyl sites for hydroxylation is 1. The van der Waals surface area contributed by atoms with Crippen LogP contribution in [0.1, 0.15) is 36.3 Å². The number of hydrogen-bond acceptors (Lipinski definition) is 3. The van der Waals surface area contributed by atoms with Crippen molar-refractivity contribution in [2.75, 3.05) is 6.61 Å². The Balaban J connectivity index is 1.73. The Morgan fingerprint density at radius 3 is 2.93 bits per heavy atom. The molecule has 1 aromatic rings. The van der Waals surface area contributed by atoms with Crippen molar-refractivity contribution in [3.63, 3.8) is 0 Å². The van der Waals surface area contributed by atoms with E-state index in [0.29, 0.717) is 13.2 Å². The molecule has 0 saturated heterocycles. The summed E-state index contributed by atoms with van der Waals surface area (Å²) in [5.41, 5.74) is 6.63. The van der Waals surface area contributed by atoms with Crippen molar-refractivity contribution in [3.05, 3.63) is 23.2 Å². The van der Waals surface area contributed by atoms with Gasteiger partial charge < -0.3 is 14.9 Å². The van der Waals surface area contributed by atoms with Crippen LogP contribution in [0.25, 0.3) is 0 Å². The maximum atomic E-state index is 5.61. The molecule has 0 unspecified atom stereocenters. The third-order valence-electron chi connectivity index (χ3n) is 2.90. The molecule has 3 nitrogen and oxygen atoms in total. The molecular formula is C12H19NO2. The SMILES string of the molecule is Cc1oc(CN)cc1COCCC1CC1. The lowest BCUT2D eigenvalue weighted by Crippen LogP contribution is -1.96. The molecule has 15 heavy (non-hydrogen) atoms. The molecule has 0 amide bonds. The first kappa shape index (κ1) is 10.7. The molecule has 1 fully saturated rings. The van der Waals surface area contributed by atoms with Gasteiger partial charge >= 0.3 is 0 Å². The van der Waals surface area contributed by atoms with Crippen LogP contribution in [0.4, 0.5) is 0 Å². The van der Waals surface area contributed by atoms with Crippen LogP contribution >= 0.6 is 0 Å². The monoisotopic (exact) mass is 209 g/mol. The number of rotatable bonds is 6. The van der Waals surface area contributed by atoms with Crippen LogP contribution in [-0.4, -0.2) is 6.61 Å². The first-order chi connectivity index (χ1) is 7.29. The standard InChI is InChI=1S/C12H19NO2/c1-9-11(6-12(7-13)15-9)8-14-5-4-10-2-3-10/h6,10H,2-5,7-8,13H2,1H3. The highest BCUT2D eigenvalue weighted by Gasteiger charge is 2.20. The van der Waals surface area contributed by atoms with Crippen molar-refractivity contribution in [3.8, 4) is 0 Å². The average molecular weight is 209 g/mol. The lowest BCUT2D eigenvalue weighted by atomic mass is 10.2. The maximum absolute atomic E-state index is 5.61. The third-order valence-corrected chi connectivity index (χ3v) is 2.90. The number of hydrogen-bond donors (Lipinski definition) is 1. The second-order valence-corrected chi connectivity index (χ2v) is 4.28. The van der Waals surface area contributed by atoms with Crippen molar-refractivity contribution >= 4 is 0 Å². The molecule has 0 radical (unpaired) electrons. The largest absolute Gasteiger partial charge is 0.465 e. The summed E-state index contributed by atoms with van der Waals surface area (Å²) in [5, 5.41) is 0. The van der Waals surface area contributed by atoms with Gasteiger partial charge in [0.05, 0.1) is 13.2 Å². The Kier molecular flexibility index (Phi) is 3.44. The van der Waals surface area contributed by atoms with Crippen LogP contribution in [0.15, 0.2) is 10.5 Å². The molecule has 0 aromatic carbocycles. The number of furan rings is 1. The first-order valence-corrected chi connectivity index (χ1v) is 5.65. The topological polar surface area (TPSA) is 48.4 Å². The van der Waals surface area contributed by atoms with E-state index in [4.69, 9.17) is 14.9 Å². The van der Waals surface area contributed by atoms with Gasteiger partial charge in [-0.15, -0.1) is 0 Å². The molecule has 2 N–H and O–H groups in total. The normalized spacial score (nSPS) is 15.9. The highest BCUT2D eigenvalue weighted by atomic mass is 16.5. The first-order valence-electron chi connectivity index (χ1n) is 5.65. The summed E-state index contributed by atoms with van der Waals surface area (Å²) in [6.45, 7) is 3.94. The number of ether oxygens (including phenoxy) is 1. The molecule has 0 atom stereocenters. The minimum atomic E-state index is 0.461. The van der Waals surface area contributed by atoms with E-state index in [0.717, 1.165) is 29.6 Å². The van der Waals surface area contributed by atoms with E-state index in [1.165, 1.54) is 19.3 Å². The second-order valence-electron chi connectivity index (χ2n) is 4.28. The summed E-state index contributed by atoms with van der Waals surface area (Å²) < 4.78 is 11.1. The molecule has 0 bridgehead atoms. The summed E-state index contributed by atoms with van der Waals surface area (Å²) in [4.78, 5) is 0. The molecule has 1 aliphatic carbocycles. The molecule has 84 valence electrons. The Bertz CT molecular complexity index is 315. The molecule has 1 aliphatic rings. The fraction of sp³-hybridized carbons (Fsp3) is 0.667. The minimum absolute atomic E-state index is 0.461. The predicted octanol–water partition coefficient (Wildman–Crippen LogP) is 2.36. The highest BCUT2D eigenvalue weighted by Crippen LogP contribution is 2.32. The van der Waals surface area contributed by atoms with Gasteiger partial charge in [0.15, 0.2) is 0 Å². The average Bonchev–Trinajstić information content (AvgIpc) is 2.98. The van der Waals surface area contributed by atoms with Gasteiger partial charge in [-0.25, -0.2) is 0 Å². The van der Waals surface area contributed by atoms with E-state index in [9.17, 15) is 0 Å².